The highest BCUT2D eigenvalue weighted by Crippen LogP contribution is 2.14. The summed E-state index contributed by atoms with van der Waals surface area (Å²) in [5, 5.41) is 9.16. The van der Waals surface area contributed by atoms with Crippen LogP contribution in [0.4, 0.5) is 0 Å². The fraction of sp³-hybridized carbons (Fsp3) is 0.0714. The summed E-state index contributed by atoms with van der Waals surface area (Å²) in [6.45, 7) is -0.116. The van der Waals surface area contributed by atoms with Crippen LogP contribution in [0.1, 0.15) is 21.5 Å². The fourth-order valence-corrected chi connectivity index (χ4v) is 1.62. The van der Waals surface area contributed by atoms with Crippen LogP contribution in [0.15, 0.2) is 54.6 Å². The van der Waals surface area contributed by atoms with Crippen LogP contribution < -0.4 is 0 Å². The molecule has 0 aromatic heterocycles. The minimum atomic E-state index is -0.116. The van der Waals surface area contributed by atoms with E-state index in [2.05, 4.69) is 0 Å². The SMILES string of the molecule is O=C(c1ccccc1)c1ccccc1CO. The second-order valence-electron chi connectivity index (χ2n) is 3.51. The molecule has 0 saturated heterocycles. The summed E-state index contributed by atoms with van der Waals surface area (Å²) in [4.78, 5) is 12.1. The zero-order chi connectivity index (χ0) is 11.4. The molecule has 2 nitrogen and oxygen atoms in total. The highest BCUT2D eigenvalue weighted by molar-refractivity contribution is 6.09. The Kier molecular flexibility index (Phi) is 3.13. The Balaban J connectivity index is 2.42. The molecule has 0 aliphatic carbocycles. The summed E-state index contributed by atoms with van der Waals surface area (Å²) in [6, 6.07) is 16.2. The van der Waals surface area contributed by atoms with Crippen molar-refractivity contribution in [2.75, 3.05) is 0 Å². The Morgan fingerprint density at radius 3 is 2.25 bits per heavy atom. The number of carbonyl (C=O) groups excluding carboxylic acids is 1. The number of aliphatic hydroxyl groups is 1. The molecular formula is C14H12O2. The zero-order valence-electron chi connectivity index (χ0n) is 8.76. The average Bonchev–Trinajstić information content (AvgIpc) is 2.39. The lowest BCUT2D eigenvalue weighted by Crippen LogP contribution is -2.05. The smallest absolute Gasteiger partial charge is 0.193 e. The van der Waals surface area contributed by atoms with E-state index in [9.17, 15) is 4.79 Å². The van der Waals surface area contributed by atoms with E-state index in [1.807, 2.05) is 24.3 Å². The normalized spacial score (nSPS) is 10.1. The predicted octanol–water partition coefficient (Wildman–Crippen LogP) is 2.41. The summed E-state index contributed by atoms with van der Waals surface area (Å²) >= 11 is 0. The number of carbonyl (C=O) groups is 1. The van der Waals surface area contributed by atoms with E-state index in [4.69, 9.17) is 5.11 Å². The first-order valence-corrected chi connectivity index (χ1v) is 5.11. The lowest BCUT2D eigenvalue weighted by molar-refractivity contribution is 0.103. The molecule has 2 aromatic carbocycles. The van der Waals surface area contributed by atoms with Gasteiger partial charge in [0.15, 0.2) is 5.78 Å². The van der Waals surface area contributed by atoms with Gasteiger partial charge < -0.3 is 5.11 Å². The van der Waals surface area contributed by atoms with Crippen molar-refractivity contribution in [3.63, 3.8) is 0 Å². The van der Waals surface area contributed by atoms with Crippen molar-refractivity contribution in [3.8, 4) is 0 Å². The molecular weight excluding hydrogens is 200 g/mol. The van der Waals surface area contributed by atoms with Crippen LogP contribution in [-0.4, -0.2) is 10.9 Å². The third kappa shape index (κ3) is 2.02. The van der Waals surface area contributed by atoms with Crippen molar-refractivity contribution in [1.82, 2.24) is 0 Å². The third-order valence-electron chi connectivity index (χ3n) is 2.47. The van der Waals surface area contributed by atoms with Gasteiger partial charge in [0.2, 0.25) is 0 Å². The van der Waals surface area contributed by atoms with E-state index in [0.29, 0.717) is 16.7 Å². The van der Waals surface area contributed by atoms with Crippen molar-refractivity contribution >= 4 is 5.78 Å². The Morgan fingerprint density at radius 2 is 1.56 bits per heavy atom. The lowest BCUT2D eigenvalue weighted by atomic mass is 9.99. The summed E-state index contributed by atoms with van der Waals surface area (Å²) < 4.78 is 0. The van der Waals surface area contributed by atoms with E-state index in [1.54, 1.807) is 30.3 Å². The molecule has 0 bridgehead atoms. The van der Waals surface area contributed by atoms with Crippen LogP contribution >= 0.6 is 0 Å². The molecule has 0 heterocycles. The number of ketones is 1. The zero-order valence-corrected chi connectivity index (χ0v) is 8.76. The molecule has 0 unspecified atom stereocenters. The third-order valence-corrected chi connectivity index (χ3v) is 2.47. The van der Waals surface area contributed by atoms with Gasteiger partial charge in [-0.05, 0) is 5.56 Å². The molecule has 0 amide bonds. The molecule has 0 saturated carbocycles. The van der Waals surface area contributed by atoms with Crippen LogP contribution in [0, 0.1) is 0 Å². The minimum Gasteiger partial charge on any atom is -0.392 e. The molecule has 16 heavy (non-hydrogen) atoms. The number of aliphatic hydroxyl groups excluding tert-OH is 1. The van der Waals surface area contributed by atoms with Crippen molar-refractivity contribution in [3.05, 3.63) is 71.3 Å². The van der Waals surface area contributed by atoms with Crippen molar-refractivity contribution in [2.24, 2.45) is 0 Å². The quantitative estimate of drug-likeness (QED) is 0.793. The predicted molar refractivity (Wildman–Crippen MR) is 62.2 cm³/mol. The highest BCUT2D eigenvalue weighted by Gasteiger charge is 2.11. The van der Waals surface area contributed by atoms with Gasteiger partial charge in [-0.1, -0.05) is 54.6 Å². The Labute approximate surface area is 94.2 Å². The van der Waals surface area contributed by atoms with Crippen LogP contribution in [0.25, 0.3) is 0 Å². The van der Waals surface area contributed by atoms with Gasteiger partial charge in [-0.3, -0.25) is 4.79 Å². The fourth-order valence-electron chi connectivity index (χ4n) is 1.62. The summed E-state index contributed by atoms with van der Waals surface area (Å²) in [5.74, 6) is -0.0507. The van der Waals surface area contributed by atoms with Gasteiger partial charge in [-0.25, -0.2) is 0 Å². The maximum Gasteiger partial charge on any atom is 0.193 e. The topological polar surface area (TPSA) is 37.3 Å². The second kappa shape index (κ2) is 4.73. The standard InChI is InChI=1S/C14H12O2/c15-10-12-8-4-5-9-13(12)14(16)11-6-2-1-3-7-11/h1-9,15H,10H2. The van der Waals surface area contributed by atoms with Gasteiger partial charge in [-0.15, -0.1) is 0 Å². The molecule has 2 aromatic rings. The Bertz CT molecular complexity index is 489. The molecule has 2 rings (SSSR count). The van der Waals surface area contributed by atoms with E-state index in [1.165, 1.54) is 0 Å². The summed E-state index contributed by atoms with van der Waals surface area (Å²) in [7, 11) is 0. The van der Waals surface area contributed by atoms with E-state index < -0.39 is 0 Å². The first-order chi connectivity index (χ1) is 7.83. The number of benzene rings is 2. The molecule has 0 aliphatic heterocycles. The largest absolute Gasteiger partial charge is 0.392 e. The summed E-state index contributed by atoms with van der Waals surface area (Å²) in [6.07, 6.45) is 0. The molecule has 80 valence electrons. The number of hydrogen-bond donors (Lipinski definition) is 1. The molecule has 2 heteroatoms. The van der Waals surface area contributed by atoms with Crippen molar-refractivity contribution < 1.29 is 9.90 Å². The number of hydrogen-bond acceptors (Lipinski definition) is 2. The monoisotopic (exact) mass is 212 g/mol. The molecule has 0 radical (unpaired) electrons. The molecule has 1 N–H and O–H groups in total. The molecule has 0 fully saturated rings. The van der Waals surface area contributed by atoms with Gasteiger partial charge in [0.25, 0.3) is 0 Å². The first kappa shape index (κ1) is 10.6. The summed E-state index contributed by atoms with van der Waals surface area (Å²) in [5.41, 5.74) is 1.87. The van der Waals surface area contributed by atoms with Gasteiger partial charge in [-0.2, -0.15) is 0 Å². The van der Waals surface area contributed by atoms with Gasteiger partial charge in [0, 0.05) is 11.1 Å². The Hall–Kier alpha value is -1.93. The van der Waals surface area contributed by atoms with E-state index >= 15 is 0 Å². The van der Waals surface area contributed by atoms with Crippen LogP contribution in [0.3, 0.4) is 0 Å². The van der Waals surface area contributed by atoms with Gasteiger partial charge in [0.05, 0.1) is 6.61 Å². The average molecular weight is 212 g/mol. The minimum absolute atomic E-state index is 0.0507. The molecule has 0 spiro atoms. The van der Waals surface area contributed by atoms with E-state index in [-0.39, 0.29) is 12.4 Å². The maximum atomic E-state index is 12.1. The maximum absolute atomic E-state index is 12.1. The van der Waals surface area contributed by atoms with Gasteiger partial charge >= 0.3 is 0 Å². The Morgan fingerprint density at radius 1 is 0.938 bits per heavy atom. The lowest BCUT2D eigenvalue weighted by Gasteiger charge is -2.05. The van der Waals surface area contributed by atoms with Crippen LogP contribution in [-0.2, 0) is 6.61 Å². The van der Waals surface area contributed by atoms with Crippen molar-refractivity contribution in [1.29, 1.82) is 0 Å². The number of rotatable bonds is 3. The van der Waals surface area contributed by atoms with Crippen LogP contribution in [0.5, 0.6) is 0 Å². The first-order valence-electron chi connectivity index (χ1n) is 5.11. The highest BCUT2D eigenvalue weighted by atomic mass is 16.3. The van der Waals surface area contributed by atoms with E-state index in [0.717, 1.165) is 0 Å². The second-order valence-corrected chi connectivity index (χ2v) is 3.51. The van der Waals surface area contributed by atoms with Crippen molar-refractivity contribution in [2.45, 2.75) is 6.61 Å². The van der Waals surface area contributed by atoms with Crippen LogP contribution in [0.2, 0.25) is 0 Å². The van der Waals surface area contributed by atoms with Gasteiger partial charge in [0.1, 0.15) is 0 Å². The molecule has 0 aliphatic rings. The molecule has 0 atom stereocenters.